The van der Waals surface area contributed by atoms with E-state index in [-0.39, 0.29) is 35.7 Å². The highest BCUT2D eigenvalue weighted by atomic mass is 32.2. The van der Waals surface area contributed by atoms with Gasteiger partial charge < -0.3 is 15.0 Å². The van der Waals surface area contributed by atoms with Crippen molar-refractivity contribution in [1.29, 1.82) is 0 Å². The van der Waals surface area contributed by atoms with Crippen LogP contribution in [0.4, 0.5) is 15.8 Å². The number of carbonyl (C=O) groups is 1. The number of likely N-dealkylation sites (N-methyl/N-ethyl adjacent to an activating group) is 1. The van der Waals surface area contributed by atoms with E-state index in [0.717, 1.165) is 23.9 Å². The highest BCUT2D eigenvalue weighted by molar-refractivity contribution is 7.92. The molecule has 1 fully saturated rings. The molecule has 2 aliphatic rings. The van der Waals surface area contributed by atoms with Crippen molar-refractivity contribution in [2.75, 3.05) is 36.1 Å². The van der Waals surface area contributed by atoms with Crippen molar-refractivity contribution in [3.8, 4) is 17.0 Å². The van der Waals surface area contributed by atoms with Crippen LogP contribution in [0, 0.1) is 11.7 Å². The average Bonchev–Trinajstić information content (AvgIpc) is 3.17. The van der Waals surface area contributed by atoms with Crippen molar-refractivity contribution in [2.24, 2.45) is 5.92 Å². The molecule has 9 nitrogen and oxygen atoms in total. The Kier molecular flexibility index (Phi) is 7.79. The number of ether oxygens (including phenoxy) is 1. The highest BCUT2D eigenvalue weighted by Crippen LogP contribution is 2.58. The van der Waals surface area contributed by atoms with Crippen LogP contribution < -0.4 is 19.7 Å². The molecule has 230 valence electrons. The number of rotatable bonds is 10. The van der Waals surface area contributed by atoms with Gasteiger partial charge in [-0.3, -0.25) is 14.5 Å². The minimum absolute atomic E-state index is 0.0340. The van der Waals surface area contributed by atoms with Crippen LogP contribution >= 0.6 is 0 Å². The van der Waals surface area contributed by atoms with Crippen molar-refractivity contribution < 1.29 is 22.3 Å². The maximum atomic E-state index is 15.7. The van der Waals surface area contributed by atoms with Crippen molar-refractivity contribution in [2.45, 2.75) is 44.6 Å². The number of nitrogens with zero attached hydrogens (tertiary/aromatic N) is 3. The molecule has 4 aromatic rings. The Morgan fingerprint density at radius 2 is 1.86 bits per heavy atom. The largest absolute Gasteiger partial charge is 0.475 e. The van der Waals surface area contributed by atoms with E-state index in [1.165, 1.54) is 23.9 Å². The number of aromatic nitrogens is 2. The summed E-state index contributed by atoms with van der Waals surface area (Å²) in [4.78, 5) is 24.3. The van der Waals surface area contributed by atoms with Crippen LogP contribution in [0.15, 0.2) is 60.9 Å². The van der Waals surface area contributed by atoms with Crippen LogP contribution in [0.3, 0.4) is 0 Å². The van der Waals surface area contributed by atoms with Crippen LogP contribution in [0.5, 0.6) is 5.88 Å². The lowest BCUT2D eigenvalue weighted by Gasteiger charge is -2.44. The number of carbonyl (C=O) groups excluding carboxylic acids is 1. The first kappa shape index (κ1) is 30.0. The maximum absolute atomic E-state index is 15.7. The van der Waals surface area contributed by atoms with Gasteiger partial charge in [-0.15, -0.1) is 0 Å². The summed E-state index contributed by atoms with van der Waals surface area (Å²) in [5.41, 5.74) is 3.31. The third-order valence-corrected chi connectivity index (χ3v) is 9.07. The van der Waals surface area contributed by atoms with Gasteiger partial charge in [-0.25, -0.2) is 17.8 Å². The van der Waals surface area contributed by atoms with Gasteiger partial charge >= 0.3 is 0 Å². The average molecular weight is 618 g/mol. The van der Waals surface area contributed by atoms with E-state index >= 15 is 4.39 Å². The SMILES string of the molecule is CC(C)NCCOc1ncc(-c2cc3c(cc2F)ncc2c3[C@]3(C[C@@H](Cc4ccccc4)C3)C(=O)N2C)cc1NS(C)(=O)=O. The molecule has 0 radical (unpaired) electrons. The summed E-state index contributed by atoms with van der Waals surface area (Å²) < 4.78 is 48.2. The molecule has 11 heteroatoms. The number of halogens is 1. The summed E-state index contributed by atoms with van der Waals surface area (Å²) in [6.07, 6.45) is 6.44. The minimum Gasteiger partial charge on any atom is -0.475 e. The lowest BCUT2D eigenvalue weighted by molar-refractivity contribution is -0.127. The van der Waals surface area contributed by atoms with Gasteiger partial charge in [-0.2, -0.15) is 0 Å². The van der Waals surface area contributed by atoms with Crippen molar-refractivity contribution >= 4 is 38.2 Å². The molecule has 0 unspecified atom stereocenters. The number of pyridine rings is 2. The summed E-state index contributed by atoms with van der Waals surface area (Å²) in [6.45, 7) is 4.82. The third-order valence-electron chi connectivity index (χ3n) is 8.48. The quantitative estimate of drug-likeness (QED) is 0.240. The fourth-order valence-electron chi connectivity index (χ4n) is 6.60. The lowest BCUT2D eigenvalue weighted by atomic mass is 9.57. The van der Waals surface area contributed by atoms with Crippen LogP contribution in [-0.2, 0) is 26.7 Å². The Morgan fingerprint density at radius 3 is 2.57 bits per heavy atom. The lowest BCUT2D eigenvalue weighted by Crippen LogP contribution is -2.49. The molecule has 6 rings (SSSR count). The van der Waals surface area contributed by atoms with E-state index < -0.39 is 21.3 Å². The second-order valence-corrected chi connectivity index (χ2v) is 13.9. The monoisotopic (exact) mass is 617 g/mol. The molecule has 2 aromatic carbocycles. The normalized spacial score (nSPS) is 19.5. The Morgan fingerprint density at radius 1 is 1.11 bits per heavy atom. The zero-order chi connectivity index (χ0) is 31.2. The third kappa shape index (κ3) is 5.61. The number of nitrogens with one attached hydrogen (secondary N) is 2. The number of hydrogen-bond donors (Lipinski definition) is 2. The first-order chi connectivity index (χ1) is 20.9. The molecule has 0 saturated heterocycles. The van der Waals surface area contributed by atoms with Gasteiger partial charge in [0.25, 0.3) is 0 Å². The smallest absolute Gasteiger partial charge is 0.238 e. The zero-order valence-electron chi connectivity index (χ0n) is 25.2. The van der Waals surface area contributed by atoms with Crippen molar-refractivity contribution in [1.82, 2.24) is 15.3 Å². The van der Waals surface area contributed by atoms with E-state index in [4.69, 9.17) is 4.74 Å². The van der Waals surface area contributed by atoms with Crippen molar-refractivity contribution in [3.63, 3.8) is 0 Å². The molecule has 2 N–H and O–H groups in total. The Balaban J connectivity index is 1.38. The van der Waals surface area contributed by atoms with Gasteiger partial charge in [0.2, 0.25) is 21.8 Å². The van der Waals surface area contributed by atoms with Crippen LogP contribution in [0.2, 0.25) is 0 Å². The van der Waals surface area contributed by atoms with E-state index in [1.807, 2.05) is 32.0 Å². The summed E-state index contributed by atoms with van der Waals surface area (Å²) >= 11 is 0. The topological polar surface area (TPSA) is 114 Å². The summed E-state index contributed by atoms with van der Waals surface area (Å²) in [5, 5.41) is 3.93. The summed E-state index contributed by atoms with van der Waals surface area (Å²) in [7, 11) is -1.91. The van der Waals surface area contributed by atoms with E-state index in [1.54, 1.807) is 24.2 Å². The highest BCUT2D eigenvalue weighted by Gasteiger charge is 2.58. The molecular formula is C33H36FN5O4S. The molecule has 1 aliphatic heterocycles. The van der Waals surface area contributed by atoms with Crippen LogP contribution in [0.25, 0.3) is 22.0 Å². The molecule has 44 heavy (non-hydrogen) atoms. The number of benzene rings is 2. The predicted octanol–water partition coefficient (Wildman–Crippen LogP) is 5.05. The minimum atomic E-state index is -3.68. The van der Waals surface area contributed by atoms with E-state index in [2.05, 4.69) is 32.1 Å². The predicted molar refractivity (Wildman–Crippen MR) is 170 cm³/mol. The molecule has 1 amide bonds. The molecule has 0 bridgehead atoms. The van der Waals surface area contributed by atoms with Gasteiger partial charge in [0.05, 0.1) is 29.1 Å². The second kappa shape index (κ2) is 11.4. The number of fused-ring (bicyclic) bond motifs is 4. The molecule has 2 aromatic heterocycles. The zero-order valence-corrected chi connectivity index (χ0v) is 26.0. The van der Waals surface area contributed by atoms with Gasteiger partial charge in [0.1, 0.15) is 18.1 Å². The Bertz CT molecular complexity index is 1840. The Hall–Kier alpha value is -4.09. The number of sulfonamides is 1. The fraction of sp³-hybridized carbons (Fsp3) is 0.364. The second-order valence-electron chi connectivity index (χ2n) is 12.2. The molecule has 1 spiro atoms. The maximum Gasteiger partial charge on any atom is 0.238 e. The number of amides is 1. The Labute approximate surface area is 256 Å². The van der Waals surface area contributed by atoms with E-state index in [9.17, 15) is 13.2 Å². The van der Waals surface area contributed by atoms with Gasteiger partial charge in [-0.05, 0) is 42.9 Å². The van der Waals surface area contributed by atoms with E-state index in [0.29, 0.717) is 41.8 Å². The van der Waals surface area contributed by atoms with Gasteiger partial charge in [0, 0.05) is 54.0 Å². The molecule has 1 saturated carbocycles. The van der Waals surface area contributed by atoms with Gasteiger partial charge in [-0.1, -0.05) is 44.2 Å². The van der Waals surface area contributed by atoms with Crippen molar-refractivity contribution in [3.05, 3.63) is 77.9 Å². The van der Waals surface area contributed by atoms with Gasteiger partial charge in [0.15, 0.2) is 0 Å². The number of hydrogen-bond acceptors (Lipinski definition) is 7. The van der Waals surface area contributed by atoms with Crippen LogP contribution in [-0.4, -0.2) is 56.8 Å². The molecule has 3 heterocycles. The first-order valence-electron chi connectivity index (χ1n) is 14.7. The summed E-state index contributed by atoms with van der Waals surface area (Å²) in [6, 6.07) is 15.1. The molecule has 0 atom stereocenters. The first-order valence-corrected chi connectivity index (χ1v) is 16.6. The molecular weight excluding hydrogens is 581 g/mol. The molecule has 1 aliphatic carbocycles. The summed E-state index contributed by atoms with van der Waals surface area (Å²) in [5.74, 6) is -0.0552. The number of anilines is 2. The fourth-order valence-corrected chi connectivity index (χ4v) is 7.14. The van der Waals surface area contributed by atoms with Crippen LogP contribution in [0.1, 0.15) is 37.8 Å². The standard InChI is InChI=1S/C33H36FN5O4S/c1-20(2)35-10-11-43-31-28(38-44(4,41)42)13-23(18-37-31)24-14-25-27(15-26(24)34)36-19-29-30(25)33(32(40)39(29)3)16-22(17-33)12-21-8-6-5-7-9-21/h5-9,13-15,18-20,22,35,38H,10-12,16-17H2,1-4H3/t22-,33-.